The molecule has 0 saturated carbocycles. The molecule has 2 aromatic carbocycles. The summed E-state index contributed by atoms with van der Waals surface area (Å²) >= 11 is 6.11. The van der Waals surface area contributed by atoms with Gasteiger partial charge in [-0.3, -0.25) is 4.99 Å². The Morgan fingerprint density at radius 3 is 2.52 bits per heavy atom. The molecule has 0 aliphatic heterocycles. The van der Waals surface area contributed by atoms with Crippen LogP contribution in [0.3, 0.4) is 0 Å². The fourth-order valence-electron chi connectivity index (χ4n) is 2.06. The van der Waals surface area contributed by atoms with Crippen LogP contribution in [0.1, 0.15) is 11.1 Å². The van der Waals surface area contributed by atoms with Gasteiger partial charge in [0.05, 0.1) is 0 Å². The Hall–Kier alpha value is -1.61. The van der Waals surface area contributed by atoms with Crippen molar-refractivity contribution in [3.8, 4) is 5.75 Å². The molecule has 2 rings (SSSR count). The summed E-state index contributed by atoms with van der Waals surface area (Å²) in [5, 5.41) is 6.93. The predicted molar refractivity (Wildman–Crippen MR) is 107 cm³/mol. The molecule has 0 saturated heterocycles. The van der Waals surface area contributed by atoms with Gasteiger partial charge in [0.15, 0.2) is 5.96 Å². The maximum atomic E-state index is 12.2. The lowest BCUT2D eigenvalue weighted by Crippen LogP contribution is -2.36. The van der Waals surface area contributed by atoms with Crippen LogP contribution < -0.4 is 15.4 Å². The van der Waals surface area contributed by atoms with Crippen LogP contribution >= 0.6 is 35.6 Å². The first-order valence-corrected chi connectivity index (χ1v) is 7.68. The molecule has 4 nitrogen and oxygen atoms in total. The molecule has 0 aliphatic rings. The Balaban J connectivity index is 0.00000312. The van der Waals surface area contributed by atoms with Gasteiger partial charge in [0.2, 0.25) is 0 Å². The lowest BCUT2D eigenvalue weighted by molar-refractivity contribution is -0.0498. The third-order valence-electron chi connectivity index (χ3n) is 3.21. The number of hydrogen-bond donors (Lipinski definition) is 2. The molecule has 0 spiro atoms. The Morgan fingerprint density at radius 2 is 1.84 bits per heavy atom. The highest BCUT2D eigenvalue weighted by Crippen LogP contribution is 2.16. The highest BCUT2D eigenvalue weighted by atomic mass is 127. The van der Waals surface area contributed by atoms with Gasteiger partial charge in [-0.05, 0) is 29.3 Å². The molecule has 0 heterocycles. The summed E-state index contributed by atoms with van der Waals surface area (Å²) in [6.45, 7) is -1.89. The summed E-state index contributed by atoms with van der Waals surface area (Å²) in [6, 6.07) is 14.0. The maximum absolute atomic E-state index is 12.2. The summed E-state index contributed by atoms with van der Waals surface area (Å²) in [5.74, 6) is 0.707. The number of alkyl halides is 2. The fourth-order valence-corrected chi connectivity index (χ4v) is 2.26. The van der Waals surface area contributed by atoms with Gasteiger partial charge in [-0.25, -0.2) is 0 Å². The Bertz CT molecular complexity index is 701. The number of benzene rings is 2. The number of hydrogen-bond acceptors (Lipinski definition) is 2. The molecule has 0 aliphatic carbocycles. The van der Waals surface area contributed by atoms with Crippen LogP contribution in [0.25, 0.3) is 0 Å². The van der Waals surface area contributed by atoms with Crippen molar-refractivity contribution < 1.29 is 13.5 Å². The highest BCUT2D eigenvalue weighted by molar-refractivity contribution is 14.0. The van der Waals surface area contributed by atoms with Crippen LogP contribution in [0, 0.1) is 0 Å². The molecule has 25 heavy (non-hydrogen) atoms. The van der Waals surface area contributed by atoms with E-state index in [1.165, 1.54) is 6.07 Å². The van der Waals surface area contributed by atoms with Crippen molar-refractivity contribution in [2.24, 2.45) is 4.99 Å². The van der Waals surface area contributed by atoms with Crippen molar-refractivity contribution in [3.63, 3.8) is 0 Å². The van der Waals surface area contributed by atoms with Crippen LogP contribution in [0.5, 0.6) is 5.75 Å². The second-order valence-corrected chi connectivity index (χ2v) is 5.30. The summed E-state index contributed by atoms with van der Waals surface area (Å²) in [5.41, 5.74) is 1.75. The second kappa shape index (κ2) is 11.1. The van der Waals surface area contributed by atoms with Gasteiger partial charge in [0, 0.05) is 25.2 Å². The van der Waals surface area contributed by atoms with Gasteiger partial charge in [-0.1, -0.05) is 41.9 Å². The minimum Gasteiger partial charge on any atom is -0.435 e. The number of nitrogens with zero attached hydrogens (tertiary/aromatic N) is 1. The highest BCUT2D eigenvalue weighted by Gasteiger charge is 2.05. The van der Waals surface area contributed by atoms with Crippen LogP contribution in [0.2, 0.25) is 5.02 Å². The van der Waals surface area contributed by atoms with Crippen molar-refractivity contribution in [1.82, 2.24) is 10.6 Å². The van der Waals surface area contributed by atoms with Crippen molar-refractivity contribution in [1.29, 1.82) is 0 Å². The van der Waals surface area contributed by atoms with Crippen LogP contribution in [0.15, 0.2) is 53.5 Å². The standard InChI is InChI=1S/C17H18ClF2N3O.HI/c1-21-17(23-11-13-6-2-3-8-15(13)18)22-10-12-5-4-7-14(9-12)24-16(19)20;/h2-9,16H,10-11H2,1H3,(H2,21,22,23);1H. The Labute approximate surface area is 167 Å². The molecule has 8 heteroatoms. The lowest BCUT2D eigenvalue weighted by Gasteiger charge is -2.13. The average molecular weight is 482 g/mol. The molecule has 0 aromatic heterocycles. The third kappa shape index (κ3) is 7.43. The van der Waals surface area contributed by atoms with Crippen molar-refractivity contribution in [2.45, 2.75) is 19.7 Å². The SMILES string of the molecule is CN=C(NCc1cccc(OC(F)F)c1)NCc1ccccc1Cl.I. The van der Waals surface area contributed by atoms with E-state index in [-0.39, 0.29) is 29.7 Å². The normalized spacial score (nSPS) is 11.0. The number of nitrogens with one attached hydrogen (secondary N) is 2. The molecular weight excluding hydrogens is 463 g/mol. The number of aliphatic imine (C=N–C) groups is 1. The summed E-state index contributed by atoms with van der Waals surface area (Å²) < 4.78 is 28.9. The quantitative estimate of drug-likeness (QED) is 0.365. The van der Waals surface area contributed by atoms with E-state index in [1.54, 1.807) is 19.2 Å². The Morgan fingerprint density at radius 1 is 1.12 bits per heavy atom. The maximum Gasteiger partial charge on any atom is 0.387 e. The van der Waals surface area contributed by atoms with E-state index in [1.807, 2.05) is 30.3 Å². The van der Waals surface area contributed by atoms with Gasteiger partial charge in [0.1, 0.15) is 5.75 Å². The minimum absolute atomic E-state index is 0. The predicted octanol–water partition coefficient (Wildman–Crippen LogP) is 4.42. The van der Waals surface area contributed by atoms with E-state index in [0.29, 0.717) is 24.1 Å². The van der Waals surface area contributed by atoms with Gasteiger partial charge in [-0.2, -0.15) is 8.78 Å². The first kappa shape index (κ1) is 21.4. The van der Waals surface area contributed by atoms with Crippen molar-refractivity contribution >= 4 is 41.5 Å². The van der Waals surface area contributed by atoms with Crippen LogP contribution in [-0.4, -0.2) is 19.6 Å². The Kier molecular flexibility index (Phi) is 9.51. The first-order chi connectivity index (χ1) is 11.6. The molecule has 0 fully saturated rings. The number of halogens is 4. The van der Waals surface area contributed by atoms with Gasteiger partial charge in [0.25, 0.3) is 0 Å². The summed E-state index contributed by atoms with van der Waals surface area (Å²) in [7, 11) is 1.65. The zero-order chi connectivity index (χ0) is 17.4. The van der Waals surface area contributed by atoms with Crippen molar-refractivity contribution in [3.05, 3.63) is 64.7 Å². The van der Waals surface area contributed by atoms with E-state index in [4.69, 9.17) is 11.6 Å². The van der Waals surface area contributed by atoms with Gasteiger partial charge >= 0.3 is 6.61 Å². The van der Waals surface area contributed by atoms with E-state index >= 15 is 0 Å². The van der Waals surface area contributed by atoms with E-state index in [2.05, 4.69) is 20.4 Å². The molecule has 0 amide bonds. The molecule has 2 N–H and O–H groups in total. The monoisotopic (exact) mass is 481 g/mol. The number of rotatable bonds is 6. The van der Waals surface area contributed by atoms with Gasteiger partial charge < -0.3 is 15.4 Å². The van der Waals surface area contributed by atoms with E-state index in [0.717, 1.165) is 11.1 Å². The zero-order valence-corrected chi connectivity index (χ0v) is 16.6. The second-order valence-electron chi connectivity index (χ2n) is 4.90. The smallest absolute Gasteiger partial charge is 0.387 e. The molecule has 0 unspecified atom stereocenters. The average Bonchev–Trinajstić information content (AvgIpc) is 2.56. The van der Waals surface area contributed by atoms with Crippen LogP contribution in [0.4, 0.5) is 8.78 Å². The molecular formula is C17H19ClF2IN3O. The van der Waals surface area contributed by atoms with Crippen molar-refractivity contribution in [2.75, 3.05) is 7.05 Å². The molecule has 0 bridgehead atoms. The van der Waals surface area contributed by atoms with E-state index in [9.17, 15) is 8.78 Å². The van der Waals surface area contributed by atoms with E-state index < -0.39 is 6.61 Å². The molecule has 0 atom stereocenters. The molecule has 0 radical (unpaired) electrons. The van der Waals surface area contributed by atoms with Gasteiger partial charge in [-0.15, -0.1) is 24.0 Å². The number of guanidine groups is 1. The minimum atomic E-state index is -2.83. The van der Waals surface area contributed by atoms with Crippen LogP contribution in [-0.2, 0) is 13.1 Å². The third-order valence-corrected chi connectivity index (χ3v) is 3.58. The molecule has 136 valence electrons. The first-order valence-electron chi connectivity index (χ1n) is 7.30. The topological polar surface area (TPSA) is 45.7 Å². The largest absolute Gasteiger partial charge is 0.435 e. The summed E-state index contributed by atoms with van der Waals surface area (Å²) in [6.07, 6.45) is 0. The summed E-state index contributed by atoms with van der Waals surface area (Å²) in [4.78, 5) is 4.12. The lowest BCUT2D eigenvalue weighted by atomic mass is 10.2. The fraction of sp³-hybridized carbons (Fsp3) is 0.235. The zero-order valence-electron chi connectivity index (χ0n) is 13.5. The molecule has 2 aromatic rings. The number of ether oxygens (including phenoxy) is 1.